The number of likely N-dealkylation sites (N-methyl/N-ethyl adjacent to an activating group) is 1. The average molecular weight is 488 g/mol. The summed E-state index contributed by atoms with van der Waals surface area (Å²) in [6.45, 7) is -0.359. The summed E-state index contributed by atoms with van der Waals surface area (Å²) in [4.78, 5) is 16.3. The minimum atomic E-state index is -3.87. The largest absolute Gasteiger partial charge is 0.493 e. The van der Waals surface area contributed by atoms with Crippen molar-refractivity contribution in [3.8, 4) is 17.2 Å². The average Bonchev–Trinajstić information content (AvgIpc) is 3.21. The number of rotatable bonds is 8. The number of hydrogen-bond donors (Lipinski definition) is 2. The second-order valence-corrected chi connectivity index (χ2v) is 10.3. The molecule has 1 heterocycles. The third kappa shape index (κ3) is 4.43. The molecule has 3 aromatic rings. The van der Waals surface area contributed by atoms with Crippen LogP contribution in [0.25, 0.3) is 10.9 Å². The van der Waals surface area contributed by atoms with E-state index in [0.29, 0.717) is 22.9 Å². The number of carbonyl (C=O) groups excluding carboxylic acids is 1. The minimum Gasteiger partial charge on any atom is -0.493 e. The first-order valence-corrected chi connectivity index (χ1v) is 12.4. The summed E-state index contributed by atoms with van der Waals surface area (Å²) in [5.41, 5.74) is 3.72. The van der Waals surface area contributed by atoms with E-state index < -0.39 is 15.9 Å². The number of aromatic nitrogens is 1. The van der Waals surface area contributed by atoms with Crippen LogP contribution in [-0.2, 0) is 27.7 Å². The van der Waals surface area contributed by atoms with Gasteiger partial charge in [-0.05, 0) is 49.4 Å². The first-order chi connectivity index (χ1) is 16.3. The van der Waals surface area contributed by atoms with E-state index >= 15 is 0 Å². The number of nitrogens with zero attached hydrogens (tertiary/aromatic N) is 1. The molecule has 9 nitrogen and oxygen atoms in total. The van der Waals surface area contributed by atoms with Crippen molar-refractivity contribution in [3.05, 3.63) is 41.6 Å². The van der Waals surface area contributed by atoms with Crippen LogP contribution in [0, 0.1) is 0 Å². The fourth-order valence-corrected chi connectivity index (χ4v) is 5.52. The third-order valence-corrected chi connectivity index (χ3v) is 7.89. The maximum absolute atomic E-state index is 13.2. The zero-order valence-corrected chi connectivity index (χ0v) is 20.5. The molecule has 0 bridgehead atoms. The van der Waals surface area contributed by atoms with Crippen molar-refractivity contribution in [2.24, 2.45) is 0 Å². The van der Waals surface area contributed by atoms with Crippen LogP contribution in [0.4, 0.5) is 5.69 Å². The number of sulfonamides is 1. The molecule has 0 fully saturated rings. The van der Waals surface area contributed by atoms with E-state index in [1.807, 2.05) is 0 Å². The van der Waals surface area contributed by atoms with E-state index in [2.05, 4.69) is 10.3 Å². The van der Waals surface area contributed by atoms with Gasteiger partial charge in [-0.25, -0.2) is 8.42 Å². The lowest BCUT2D eigenvalue weighted by Crippen LogP contribution is -2.35. The summed E-state index contributed by atoms with van der Waals surface area (Å²) >= 11 is 0. The number of ether oxygens (including phenoxy) is 3. The molecule has 4 rings (SSSR count). The Bertz CT molecular complexity index is 1310. The zero-order chi connectivity index (χ0) is 24.5. The summed E-state index contributed by atoms with van der Waals surface area (Å²) in [5, 5.41) is 3.63. The molecule has 2 aromatic carbocycles. The van der Waals surface area contributed by atoms with E-state index in [-0.39, 0.29) is 11.4 Å². The number of fused-ring (bicyclic) bond motifs is 3. The fraction of sp³-hybridized carbons (Fsp3) is 0.375. The Morgan fingerprint density at radius 2 is 1.71 bits per heavy atom. The summed E-state index contributed by atoms with van der Waals surface area (Å²) in [5.74, 6) is 0.646. The lowest BCUT2D eigenvalue weighted by molar-refractivity contribution is -0.116. The van der Waals surface area contributed by atoms with Gasteiger partial charge in [-0.1, -0.05) is 0 Å². The molecule has 10 heteroatoms. The number of hydrogen-bond acceptors (Lipinski definition) is 6. The Labute approximate surface area is 199 Å². The van der Waals surface area contributed by atoms with E-state index in [0.717, 1.165) is 40.9 Å². The monoisotopic (exact) mass is 487 g/mol. The predicted molar refractivity (Wildman–Crippen MR) is 129 cm³/mol. The highest BCUT2D eigenvalue weighted by Crippen LogP contribution is 2.40. The fourth-order valence-electron chi connectivity index (χ4n) is 4.37. The van der Waals surface area contributed by atoms with Crippen LogP contribution < -0.4 is 19.5 Å². The normalized spacial score (nSPS) is 13.6. The highest BCUT2D eigenvalue weighted by molar-refractivity contribution is 7.89. The summed E-state index contributed by atoms with van der Waals surface area (Å²) < 4.78 is 43.4. The molecule has 0 atom stereocenters. The number of H-pyrrole nitrogens is 1. The minimum absolute atomic E-state index is 0.162. The molecule has 0 saturated heterocycles. The van der Waals surface area contributed by atoms with Gasteiger partial charge in [0.2, 0.25) is 21.7 Å². The van der Waals surface area contributed by atoms with Crippen molar-refractivity contribution in [3.63, 3.8) is 0 Å². The lowest BCUT2D eigenvalue weighted by atomic mass is 9.96. The number of nitrogens with one attached hydrogen (secondary N) is 2. The molecular formula is C24H29N3O6S. The van der Waals surface area contributed by atoms with Gasteiger partial charge in [0.05, 0.1) is 32.8 Å². The first-order valence-electron chi connectivity index (χ1n) is 11.0. The van der Waals surface area contributed by atoms with Crippen molar-refractivity contribution in [1.82, 2.24) is 9.29 Å². The molecule has 2 N–H and O–H groups in total. The van der Waals surface area contributed by atoms with Gasteiger partial charge in [-0.2, -0.15) is 4.31 Å². The standard InChI is InChI=1S/C24H29N3O6S/c1-27(14-23(28)25-15-11-21(31-2)24(33-4)22(12-15)32-3)34(29,30)16-9-10-20-18(13-16)17-7-5-6-8-19(17)26-20/h9-13,26H,5-8,14H2,1-4H3,(H,25,28). The summed E-state index contributed by atoms with van der Waals surface area (Å²) in [6, 6.07) is 8.24. The van der Waals surface area contributed by atoms with Crippen LogP contribution in [0.2, 0.25) is 0 Å². The van der Waals surface area contributed by atoms with Crippen LogP contribution in [0.3, 0.4) is 0 Å². The number of methoxy groups -OCH3 is 3. The number of amides is 1. The molecule has 1 aromatic heterocycles. The predicted octanol–water partition coefficient (Wildman–Crippen LogP) is 3.33. The van der Waals surface area contributed by atoms with Crippen molar-refractivity contribution in [2.45, 2.75) is 30.6 Å². The summed E-state index contributed by atoms with van der Waals surface area (Å²) in [7, 11) is 1.95. The Hall–Kier alpha value is -3.24. The number of aromatic amines is 1. The van der Waals surface area contributed by atoms with E-state index in [1.54, 1.807) is 30.3 Å². The molecule has 1 aliphatic rings. The van der Waals surface area contributed by atoms with E-state index in [4.69, 9.17) is 14.2 Å². The zero-order valence-electron chi connectivity index (χ0n) is 19.7. The summed E-state index contributed by atoms with van der Waals surface area (Å²) in [6.07, 6.45) is 4.14. The molecular weight excluding hydrogens is 458 g/mol. The maximum atomic E-state index is 13.2. The van der Waals surface area contributed by atoms with Gasteiger partial charge >= 0.3 is 0 Å². The van der Waals surface area contributed by atoms with Gasteiger partial charge in [-0.3, -0.25) is 4.79 Å². The highest BCUT2D eigenvalue weighted by Gasteiger charge is 2.25. The molecule has 0 aliphatic heterocycles. The lowest BCUT2D eigenvalue weighted by Gasteiger charge is -2.18. The van der Waals surface area contributed by atoms with Gasteiger partial charge in [0.15, 0.2) is 11.5 Å². The number of aryl methyl sites for hydroxylation is 2. The van der Waals surface area contributed by atoms with Crippen LogP contribution in [0.15, 0.2) is 35.2 Å². The van der Waals surface area contributed by atoms with Crippen LogP contribution in [0.1, 0.15) is 24.1 Å². The van der Waals surface area contributed by atoms with Crippen molar-refractivity contribution in [1.29, 1.82) is 0 Å². The SMILES string of the molecule is COc1cc(NC(=O)CN(C)S(=O)(=O)c2ccc3[nH]c4c(c3c2)CCCC4)cc(OC)c1OC. The number of anilines is 1. The molecule has 34 heavy (non-hydrogen) atoms. The third-order valence-electron chi connectivity index (χ3n) is 6.09. The smallest absolute Gasteiger partial charge is 0.243 e. The van der Waals surface area contributed by atoms with E-state index in [9.17, 15) is 13.2 Å². The molecule has 0 unspecified atom stereocenters. The topological polar surface area (TPSA) is 110 Å². The van der Waals surface area contributed by atoms with Gasteiger partial charge in [0.25, 0.3) is 0 Å². The Morgan fingerprint density at radius 1 is 1.03 bits per heavy atom. The van der Waals surface area contributed by atoms with Crippen LogP contribution in [0.5, 0.6) is 17.2 Å². The number of benzene rings is 2. The molecule has 182 valence electrons. The Morgan fingerprint density at radius 3 is 2.35 bits per heavy atom. The van der Waals surface area contributed by atoms with Gasteiger partial charge in [0, 0.05) is 41.5 Å². The van der Waals surface area contributed by atoms with E-state index in [1.165, 1.54) is 39.6 Å². The molecule has 1 aliphatic carbocycles. The highest BCUT2D eigenvalue weighted by atomic mass is 32.2. The molecule has 1 amide bonds. The van der Waals surface area contributed by atoms with Gasteiger partial charge in [0.1, 0.15) is 0 Å². The second-order valence-electron chi connectivity index (χ2n) is 8.22. The van der Waals surface area contributed by atoms with Crippen molar-refractivity contribution < 1.29 is 27.4 Å². The van der Waals surface area contributed by atoms with Crippen LogP contribution in [-0.4, -0.2) is 58.5 Å². The van der Waals surface area contributed by atoms with Crippen LogP contribution >= 0.6 is 0 Å². The maximum Gasteiger partial charge on any atom is 0.243 e. The molecule has 0 spiro atoms. The molecule has 0 saturated carbocycles. The van der Waals surface area contributed by atoms with Gasteiger partial charge < -0.3 is 24.5 Å². The van der Waals surface area contributed by atoms with Crippen molar-refractivity contribution in [2.75, 3.05) is 40.2 Å². The quantitative estimate of drug-likeness (QED) is 0.504. The number of carbonyl (C=O) groups is 1. The molecule has 0 radical (unpaired) electrons. The van der Waals surface area contributed by atoms with Gasteiger partial charge in [-0.15, -0.1) is 0 Å². The second kappa shape index (κ2) is 9.55. The first kappa shape index (κ1) is 23.9. The Kier molecular flexibility index (Phi) is 6.72. The Balaban J connectivity index is 1.53. The van der Waals surface area contributed by atoms with Crippen molar-refractivity contribution >= 4 is 32.5 Å².